The second kappa shape index (κ2) is 9.46. The number of hydrogen-bond donors (Lipinski definition) is 3. The number of imidazole rings is 1. The van der Waals surface area contributed by atoms with Crippen molar-refractivity contribution >= 4 is 17.6 Å². The number of nitrogens with one attached hydrogen (secondary N) is 3. The maximum absolute atomic E-state index is 12.0. The van der Waals surface area contributed by atoms with Crippen LogP contribution in [0.2, 0.25) is 0 Å². The van der Waals surface area contributed by atoms with Gasteiger partial charge >= 0.3 is 6.03 Å². The smallest absolute Gasteiger partial charge is 0.319 e. The van der Waals surface area contributed by atoms with E-state index in [0.29, 0.717) is 17.8 Å². The molecule has 0 aliphatic heterocycles. The summed E-state index contributed by atoms with van der Waals surface area (Å²) in [6.45, 7) is 5.36. The summed E-state index contributed by atoms with van der Waals surface area (Å²) in [5.41, 5.74) is 1.22. The highest BCUT2D eigenvalue weighted by Crippen LogP contribution is 2.10. The van der Waals surface area contributed by atoms with Crippen LogP contribution in [0.5, 0.6) is 0 Å². The van der Waals surface area contributed by atoms with E-state index in [1.165, 1.54) is 0 Å². The Hall–Kier alpha value is -2.83. The normalized spacial score (nSPS) is 11.6. The number of carbonyl (C=O) groups is 2. The minimum Gasteiger partial charge on any atom is -0.350 e. The zero-order valence-corrected chi connectivity index (χ0v) is 14.7. The number of benzene rings is 1. The minimum atomic E-state index is -0.262. The van der Waals surface area contributed by atoms with E-state index >= 15 is 0 Å². The molecule has 2 aromatic rings. The van der Waals surface area contributed by atoms with E-state index in [1.807, 2.05) is 24.6 Å². The summed E-state index contributed by atoms with van der Waals surface area (Å²) in [6, 6.07) is 6.71. The van der Waals surface area contributed by atoms with E-state index in [-0.39, 0.29) is 18.0 Å². The molecule has 1 aromatic heterocycles. The van der Waals surface area contributed by atoms with E-state index in [9.17, 15) is 9.59 Å². The third-order valence-corrected chi connectivity index (χ3v) is 3.83. The molecule has 0 saturated carbocycles. The maximum atomic E-state index is 12.0. The number of aryl methyl sites for hydroxylation is 1. The van der Waals surface area contributed by atoms with Crippen molar-refractivity contribution < 1.29 is 9.59 Å². The number of anilines is 1. The molecule has 25 heavy (non-hydrogen) atoms. The van der Waals surface area contributed by atoms with E-state index in [0.717, 1.165) is 19.4 Å². The van der Waals surface area contributed by atoms with Crippen molar-refractivity contribution in [3.05, 3.63) is 48.5 Å². The van der Waals surface area contributed by atoms with Crippen molar-refractivity contribution in [2.75, 3.05) is 11.9 Å². The standard InChI is InChI=1S/C18H25N5O2/c1-3-14(2)21-17(24)15-5-7-16(8-6-15)22-18(25)20-9-4-11-23-12-10-19-13-23/h5-8,10,12-14H,3-4,9,11H2,1-2H3,(H,21,24)(H2,20,22,25)/t14-/m1/s1. The molecule has 7 nitrogen and oxygen atoms in total. The Kier molecular flexibility index (Phi) is 7.00. The summed E-state index contributed by atoms with van der Waals surface area (Å²) in [5, 5.41) is 8.46. The Balaban J connectivity index is 1.72. The van der Waals surface area contributed by atoms with Crippen LogP contribution in [0.1, 0.15) is 37.0 Å². The molecule has 0 fully saturated rings. The van der Waals surface area contributed by atoms with Crippen LogP contribution in [0.25, 0.3) is 0 Å². The first-order chi connectivity index (χ1) is 12.1. The Morgan fingerprint density at radius 3 is 2.64 bits per heavy atom. The highest BCUT2D eigenvalue weighted by Gasteiger charge is 2.08. The van der Waals surface area contributed by atoms with Gasteiger partial charge in [-0.3, -0.25) is 4.79 Å². The molecule has 1 aromatic carbocycles. The fourth-order valence-corrected chi connectivity index (χ4v) is 2.17. The van der Waals surface area contributed by atoms with E-state index in [4.69, 9.17) is 0 Å². The molecule has 134 valence electrons. The molecule has 0 bridgehead atoms. The van der Waals surface area contributed by atoms with E-state index in [1.54, 1.807) is 36.8 Å². The number of amides is 3. The highest BCUT2D eigenvalue weighted by molar-refractivity contribution is 5.95. The number of rotatable bonds is 8. The first kappa shape index (κ1) is 18.5. The largest absolute Gasteiger partial charge is 0.350 e. The third-order valence-electron chi connectivity index (χ3n) is 3.83. The zero-order valence-electron chi connectivity index (χ0n) is 14.7. The Morgan fingerprint density at radius 1 is 1.24 bits per heavy atom. The fourth-order valence-electron chi connectivity index (χ4n) is 2.17. The van der Waals surface area contributed by atoms with Gasteiger partial charge < -0.3 is 20.5 Å². The van der Waals surface area contributed by atoms with Gasteiger partial charge in [0.05, 0.1) is 6.33 Å². The Labute approximate surface area is 147 Å². The van der Waals surface area contributed by atoms with Gasteiger partial charge in [0.25, 0.3) is 5.91 Å². The van der Waals surface area contributed by atoms with Crippen molar-refractivity contribution in [2.45, 2.75) is 39.3 Å². The van der Waals surface area contributed by atoms with Crippen molar-refractivity contribution in [1.82, 2.24) is 20.2 Å². The minimum absolute atomic E-state index is 0.107. The van der Waals surface area contributed by atoms with Gasteiger partial charge in [0, 0.05) is 42.8 Å². The van der Waals surface area contributed by atoms with Crippen LogP contribution in [0.15, 0.2) is 43.0 Å². The van der Waals surface area contributed by atoms with E-state index < -0.39 is 0 Å². The van der Waals surface area contributed by atoms with E-state index in [2.05, 4.69) is 20.9 Å². The Bertz CT molecular complexity index is 667. The summed E-state index contributed by atoms with van der Waals surface area (Å²) in [6.07, 6.45) is 7.07. The first-order valence-corrected chi connectivity index (χ1v) is 8.50. The fraction of sp³-hybridized carbons (Fsp3) is 0.389. The van der Waals surface area contributed by atoms with Gasteiger partial charge in [0.1, 0.15) is 0 Å². The predicted octanol–water partition coefficient (Wildman–Crippen LogP) is 2.62. The van der Waals surface area contributed by atoms with Crippen LogP contribution in [-0.4, -0.2) is 34.1 Å². The van der Waals surface area contributed by atoms with Crippen LogP contribution >= 0.6 is 0 Å². The van der Waals surface area contributed by atoms with Crippen LogP contribution < -0.4 is 16.0 Å². The molecule has 3 amide bonds. The zero-order chi connectivity index (χ0) is 18.1. The molecule has 0 spiro atoms. The van der Waals surface area contributed by atoms with Gasteiger partial charge in [-0.25, -0.2) is 9.78 Å². The summed E-state index contributed by atoms with van der Waals surface area (Å²) >= 11 is 0. The van der Waals surface area contributed by atoms with Crippen molar-refractivity contribution in [1.29, 1.82) is 0 Å². The molecule has 0 aliphatic carbocycles. The molecule has 0 unspecified atom stereocenters. The number of aromatic nitrogens is 2. The lowest BCUT2D eigenvalue weighted by Gasteiger charge is -2.12. The van der Waals surface area contributed by atoms with Gasteiger partial charge in [0.15, 0.2) is 0 Å². The average Bonchev–Trinajstić information content (AvgIpc) is 3.12. The lowest BCUT2D eigenvalue weighted by molar-refractivity contribution is 0.0939. The molecule has 1 atom stereocenters. The number of hydrogen-bond acceptors (Lipinski definition) is 3. The lowest BCUT2D eigenvalue weighted by atomic mass is 10.1. The highest BCUT2D eigenvalue weighted by atomic mass is 16.2. The Morgan fingerprint density at radius 2 is 2.00 bits per heavy atom. The lowest BCUT2D eigenvalue weighted by Crippen LogP contribution is -2.32. The SMILES string of the molecule is CC[C@@H](C)NC(=O)c1ccc(NC(=O)NCCCn2ccnc2)cc1. The van der Waals surface area contributed by atoms with Gasteiger partial charge in [-0.05, 0) is 44.0 Å². The summed E-state index contributed by atoms with van der Waals surface area (Å²) in [4.78, 5) is 27.8. The van der Waals surface area contributed by atoms with Crippen LogP contribution in [0.3, 0.4) is 0 Å². The van der Waals surface area contributed by atoms with Gasteiger partial charge in [-0.15, -0.1) is 0 Å². The maximum Gasteiger partial charge on any atom is 0.319 e. The molecule has 0 aliphatic rings. The summed E-state index contributed by atoms with van der Waals surface area (Å²) < 4.78 is 1.96. The molecule has 1 heterocycles. The van der Waals surface area contributed by atoms with Crippen molar-refractivity contribution in [2.24, 2.45) is 0 Å². The number of nitrogens with zero attached hydrogens (tertiary/aromatic N) is 2. The molecule has 2 rings (SSSR count). The molecule has 7 heteroatoms. The predicted molar refractivity (Wildman–Crippen MR) is 97.5 cm³/mol. The second-order valence-corrected chi connectivity index (χ2v) is 5.90. The van der Waals surface area contributed by atoms with Crippen molar-refractivity contribution in [3.8, 4) is 0 Å². The quantitative estimate of drug-likeness (QED) is 0.644. The first-order valence-electron chi connectivity index (χ1n) is 8.50. The van der Waals surface area contributed by atoms with Crippen LogP contribution in [0, 0.1) is 0 Å². The monoisotopic (exact) mass is 343 g/mol. The van der Waals surface area contributed by atoms with Crippen LogP contribution in [-0.2, 0) is 6.54 Å². The summed E-state index contributed by atoms with van der Waals surface area (Å²) in [5.74, 6) is -0.107. The molecular weight excluding hydrogens is 318 g/mol. The number of carbonyl (C=O) groups excluding carboxylic acids is 2. The second-order valence-electron chi connectivity index (χ2n) is 5.90. The van der Waals surface area contributed by atoms with Gasteiger partial charge in [0.2, 0.25) is 0 Å². The summed E-state index contributed by atoms with van der Waals surface area (Å²) in [7, 11) is 0. The van der Waals surface area contributed by atoms with Gasteiger partial charge in [-0.1, -0.05) is 6.92 Å². The van der Waals surface area contributed by atoms with Crippen LogP contribution in [0.4, 0.5) is 10.5 Å². The van der Waals surface area contributed by atoms with Crippen molar-refractivity contribution in [3.63, 3.8) is 0 Å². The molecule has 0 saturated heterocycles. The number of urea groups is 1. The molecular formula is C18H25N5O2. The topological polar surface area (TPSA) is 88.0 Å². The molecule has 0 radical (unpaired) electrons. The van der Waals surface area contributed by atoms with Gasteiger partial charge in [-0.2, -0.15) is 0 Å². The third kappa shape index (κ3) is 6.29. The average molecular weight is 343 g/mol. The molecule has 3 N–H and O–H groups in total.